The molecule has 2 aromatic rings. The molecule has 5 heteroatoms. The Kier molecular flexibility index (Phi) is 5.31. The second-order valence-corrected chi connectivity index (χ2v) is 5.36. The van der Waals surface area contributed by atoms with E-state index >= 15 is 0 Å². The first kappa shape index (κ1) is 15.5. The zero-order valence-electron chi connectivity index (χ0n) is 11.8. The van der Waals surface area contributed by atoms with Gasteiger partial charge in [0.2, 0.25) is 0 Å². The summed E-state index contributed by atoms with van der Waals surface area (Å²) in [5.41, 5.74) is 3.43. The molecular weight excluding hydrogens is 288 g/mol. The van der Waals surface area contributed by atoms with Gasteiger partial charge in [-0.1, -0.05) is 41.4 Å². The van der Waals surface area contributed by atoms with E-state index in [1.807, 2.05) is 0 Å². The van der Waals surface area contributed by atoms with Crippen molar-refractivity contribution in [3.05, 3.63) is 74.3 Å². The average molecular weight is 305 g/mol. The van der Waals surface area contributed by atoms with Crippen LogP contribution in [0, 0.1) is 17.0 Å². The lowest BCUT2D eigenvalue weighted by Crippen LogP contribution is -2.17. The molecular formula is C16H17ClN2O2. The molecule has 0 aliphatic heterocycles. The van der Waals surface area contributed by atoms with Gasteiger partial charge in [0.05, 0.1) is 9.95 Å². The van der Waals surface area contributed by atoms with E-state index < -0.39 is 4.92 Å². The van der Waals surface area contributed by atoms with Crippen LogP contribution < -0.4 is 5.32 Å². The van der Waals surface area contributed by atoms with E-state index in [2.05, 4.69) is 36.5 Å². The van der Waals surface area contributed by atoms with Gasteiger partial charge < -0.3 is 5.32 Å². The van der Waals surface area contributed by atoms with Crippen molar-refractivity contribution in [1.29, 1.82) is 0 Å². The van der Waals surface area contributed by atoms with Crippen LogP contribution in [0.1, 0.15) is 16.7 Å². The number of nitrogens with one attached hydrogen (secondary N) is 1. The van der Waals surface area contributed by atoms with E-state index in [1.54, 1.807) is 6.07 Å². The third-order valence-electron chi connectivity index (χ3n) is 3.24. The first-order chi connectivity index (χ1) is 10.1. The number of nitrogens with zero attached hydrogens (tertiary/aromatic N) is 1. The minimum Gasteiger partial charge on any atom is -0.312 e. The molecule has 0 saturated heterocycles. The quantitative estimate of drug-likeness (QED) is 0.500. The number of halogens is 1. The highest BCUT2D eigenvalue weighted by atomic mass is 35.5. The van der Waals surface area contributed by atoms with Gasteiger partial charge in [-0.3, -0.25) is 10.1 Å². The Labute approximate surface area is 128 Å². The molecule has 0 atom stereocenters. The van der Waals surface area contributed by atoms with Crippen molar-refractivity contribution in [1.82, 2.24) is 5.32 Å². The molecule has 1 N–H and O–H groups in total. The molecule has 110 valence electrons. The van der Waals surface area contributed by atoms with Crippen molar-refractivity contribution in [2.45, 2.75) is 19.9 Å². The maximum absolute atomic E-state index is 10.6. The summed E-state index contributed by atoms with van der Waals surface area (Å²) >= 11 is 6.05. The van der Waals surface area contributed by atoms with Gasteiger partial charge in [-0.25, -0.2) is 0 Å². The summed E-state index contributed by atoms with van der Waals surface area (Å²) in [6, 6.07) is 13.0. The Hall–Kier alpha value is -1.91. The van der Waals surface area contributed by atoms with E-state index in [0.29, 0.717) is 11.6 Å². The molecule has 0 amide bonds. The molecule has 2 rings (SSSR count). The molecule has 0 fully saturated rings. The maximum atomic E-state index is 10.6. The summed E-state index contributed by atoms with van der Waals surface area (Å²) in [4.78, 5) is 10.2. The van der Waals surface area contributed by atoms with Crippen LogP contribution in [0.5, 0.6) is 0 Å². The fraction of sp³-hybridized carbons (Fsp3) is 0.250. The molecule has 4 nitrogen and oxygen atoms in total. The summed E-state index contributed by atoms with van der Waals surface area (Å²) < 4.78 is 0. The molecule has 0 bridgehead atoms. The number of hydrogen-bond acceptors (Lipinski definition) is 3. The molecule has 0 spiro atoms. The second-order valence-electron chi connectivity index (χ2n) is 4.95. The van der Waals surface area contributed by atoms with E-state index in [0.717, 1.165) is 18.5 Å². The molecule has 0 unspecified atom stereocenters. The van der Waals surface area contributed by atoms with Crippen LogP contribution >= 0.6 is 11.6 Å². The summed E-state index contributed by atoms with van der Waals surface area (Å²) in [7, 11) is 0. The second kappa shape index (κ2) is 7.20. The van der Waals surface area contributed by atoms with Gasteiger partial charge in [0.15, 0.2) is 0 Å². The fourth-order valence-corrected chi connectivity index (χ4v) is 2.36. The smallest absolute Gasteiger partial charge is 0.270 e. The number of aryl methyl sites for hydroxylation is 1. The van der Waals surface area contributed by atoms with Gasteiger partial charge in [-0.2, -0.15) is 0 Å². The van der Waals surface area contributed by atoms with Crippen molar-refractivity contribution in [2.75, 3.05) is 6.54 Å². The lowest BCUT2D eigenvalue weighted by Gasteiger charge is -2.07. The largest absolute Gasteiger partial charge is 0.312 e. The van der Waals surface area contributed by atoms with E-state index in [4.69, 9.17) is 11.6 Å². The number of non-ortho nitro benzene ring substituents is 1. The maximum Gasteiger partial charge on any atom is 0.270 e. The van der Waals surface area contributed by atoms with E-state index in [-0.39, 0.29) is 5.69 Å². The summed E-state index contributed by atoms with van der Waals surface area (Å²) in [5.74, 6) is 0. The van der Waals surface area contributed by atoms with Gasteiger partial charge in [-0.15, -0.1) is 0 Å². The normalized spacial score (nSPS) is 10.6. The third-order valence-corrected chi connectivity index (χ3v) is 3.59. The van der Waals surface area contributed by atoms with Crippen molar-refractivity contribution in [3.63, 3.8) is 0 Å². The van der Waals surface area contributed by atoms with Gasteiger partial charge in [0, 0.05) is 18.7 Å². The predicted molar refractivity (Wildman–Crippen MR) is 84.7 cm³/mol. The van der Waals surface area contributed by atoms with Crippen molar-refractivity contribution < 1.29 is 4.92 Å². The molecule has 2 aromatic carbocycles. The Balaban J connectivity index is 1.85. The molecule has 0 saturated carbocycles. The minimum atomic E-state index is -0.444. The number of nitro groups is 1. The third kappa shape index (κ3) is 4.55. The van der Waals surface area contributed by atoms with E-state index in [1.165, 1.54) is 23.3 Å². The number of rotatable bonds is 6. The standard InChI is InChI=1S/C16H17ClN2O2/c1-12-3-2-4-13(9-12)7-8-18-11-14-5-6-15(19(20)21)10-16(14)17/h2-6,9-10,18H,7-8,11H2,1H3. The van der Waals surface area contributed by atoms with Crippen molar-refractivity contribution in [2.24, 2.45) is 0 Å². The van der Waals surface area contributed by atoms with Crippen LogP contribution in [0.2, 0.25) is 5.02 Å². The summed E-state index contributed by atoms with van der Waals surface area (Å²) in [6.45, 7) is 3.51. The molecule has 0 aliphatic rings. The Morgan fingerprint density at radius 2 is 2.05 bits per heavy atom. The topological polar surface area (TPSA) is 55.2 Å². The highest BCUT2D eigenvalue weighted by Crippen LogP contribution is 2.22. The van der Waals surface area contributed by atoms with Crippen LogP contribution in [-0.2, 0) is 13.0 Å². The summed E-state index contributed by atoms with van der Waals surface area (Å²) in [5, 5.41) is 14.4. The molecule has 0 radical (unpaired) electrons. The Morgan fingerprint density at radius 1 is 1.24 bits per heavy atom. The van der Waals surface area contributed by atoms with Gasteiger partial charge in [-0.05, 0) is 37.1 Å². The molecule has 21 heavy (non-hydrogen) atoms. The number of benzene rings is 2. The Morgan fingerprint density at radius 3 is 2.71 bits per heavy atom. The van der Waals surface area contributed by atoms with Crippen LogP contribution in [0.15, 0.2) is 42.5 Å². The lowest BCUT2D eigenvalue weighted by atomic mass is 10.1. The monoisotopic (exact) mass is 304 g/mol. The number of nitro benzene ring substituents is 1. The fourth-order valence-electron chi connectivity index (χ4n) is 2.12. The molecule has 0 heterocycles. The molecule has 0 aliphatic carbocycles. The zero-order valence-corrected chi connectivity index (χ0v) is 12.6. The van der Waals surface area contributed by atoms with Gasteiger partial charge in [0.1, 0.15) is 0 Å². The highest BCUT2D eigenvalue weighted by molar-refractivity contribution is 6.31. The first-order valence-electron chi connectivity index (χ1n) is 6.75. The van der Waals surface area contributed by atoms with Gasteiger partial charge in [0.25, 0.3) is 5.69 Å². The van der Waals surface area contributed by atoms with E-state index in [9.17, 15) is 10.1 Å². The highest BCUT2D eigenvalue weighted by Gasteiger charge is 2.08. The zero-order chi connectivity index (χ0) is 15.2. The van der Waals surface area contributed by atoms with Crippen molar-refractivity contribution in [3.8, 4) is 0 Å². The SMILES string of the molecule is Cc1cccc(CCNCc2ccc([N+](=O)[O-])cc2Cl)c1. The minimum absolute atomic E-state index is 0.0171. The Bertz CT molecular complexity index is 644. The van der Waals surface area contributed by atoms with Gasteiger partial charge >= 0.3 is 0 Å². The van der Waals surface area contributed by atoms with Crippen LogP contribution in [-0.4, -0.2) is 11.5 Å². The van der Waals surface area contributed by atoms with Crippen LogP contribution in [0.4, 0.5) is 5.69 Å². The van der Waals surface area contributed by atoms with Crippen LogP contribution in [0.25, 0.3) is 0 Å². The first-order valence-corrected chi connectivity index (χ1v) is 7.13. The average Bonchev–Trinajstić information content (AvgIpc) is 2.45. The predicted octanol–water partition coefficient (Wildman–Crippen LogP) is 3.89. The number of hydrogen-bond donors (Lipinski definition) is 1. The summed E-state index contributed by atoms with van der Waals surface area (Å²) in [6.07, 6.45) is 0.937. The molecule has 0 aromatic heterocycles. The van der Waals surface area contributed by atoms with Crippen molar-refractivity contribution >= 4 is 17.3 Å². The van der Waals surface area contributed by atoms with Crippen LogP contribution in [0.3, 0.4) is 0 Å². The lowest BCUT2D eigenvalue weighted by molar-refractivity contribution is -0.384.